The Kier molecular flexibility index (Phi) is 10.4. The van der Waals surface area contributed by atoms with Gasteiger partial charge in [0.05, 0.1) is 0 Å². The Labute approximate surface area is 121 Å². The van der Waals surface area contributed by atoms with Crippen molar-refractivity contribution in [3.63, 3.8) is 0 Å². The van der Waals surface area contributed by atoms with Gasteiger partial charge < -0.3 is 9.47 Å². The molecule has 0 amide bonds. The van der Waals surface area contributed by atoms with Gasteiger partial charge in [0.15, 0.2) is 0 Å². The molecule has 0 heterocycles. The van der Waals surface area contributed by atoms with E-state index in [1.807, 2.05) is 39.8 Å². The van der Waals surface area contributed by atoms with Gasteiger partial charge in [0.2, 0.25) is 0 Å². The van der Waals surface area contributed by atoms with E-state index in [0.29, 0.717) is 11.5 Å². The summed E-state index contributed by atoms with van der Waals surface area (Å²) in [6.07, 6.45) is -0.739. The van der Waals surface area contributed by atoms with Gasteiger partial charge in [-0.3, -0.25) is 0 Å². The SMILES string of the molecule is CC.CC.O=C(Oc1ccccc1)Oc1ccccc1. The summed E-state index contributed by atoms with van der Waals surface area (Å²) >= 11 is 0. The third-order valence-electron chi connectivity index (χ3n) is 1.89. The molecule has 0 unspecified atom stereocenters. The molecule has 0 radical (unpaired) electrons. The van der Waals surface area contributed by atoms with Gasteiger partial charge in [0.25, 0.3) is 0 Å². The van der Waals surface area contributed by atoms with Crippen LogP contribution in [0.15, 0.2) is 60.7 Å². The van der Waals surface area contributed by atoms with Gasteiger partial charge in [0, 0.05) is 0 Å². The summed E-state index contributed by atoms with van der Waals surface area (Å²) in [5.41, 5.74) is 0. The van der Waals surface area contributed by atoms with Gasteiger partial charge in [-0.05, 0) is 24.3 Å². The van der Waals surface area contributed by atoms with E-state index >= 15 is 0 Å². The maximum atomic E-state index is 11.3. The van der Waals surface area contributed by atoms with Gasteiger partial charge in [-0.2, -0.15) is 0 Å². The van der Waals surface area contributed by atoms with Gasteiger partial charge in [-0.25, -0.2) is 4.79 Å². The minimum Gasteiger partial charge on any atom is -0.395 e. The molecule has 0 fully saturated rings. The predicted octanol–water partition coefficient (Wildman–Crippen LogP) is 5.32. The molecule has 0 aliphatic rings. The Morgan fingerprint density at radius 2 is 0.950 bits per heavy atom. The molecule has 0 N–H and O–H groups in total. The van der Waals surface area contributed by atoms with Crippen molar-refractivity contribution in [1.82, 2.24) is 0 Å². The Hall–Kier alpha value is -2.29. The molecule has 0 aliphatic heterocycles. The van der Waals surface area contributed by atoms with Gasteiger partial charge in [-0.15, -0.1) is 0 Å². The van der Waals surface area contributed by atoms with Crippen molar-refractivity contribution in [2.75, 3.05) is 0 Å². The molecule has 0 atom stereocenters. The van der Waals surface area contributed by atoms with Crippen LogP contribution in [0.2, 0.25) is 0 Å². The number of hydrogen-bond acceptors (Lipinski definition) is 3. The molecule has 0 bridgehead atoms. The third kappa shape index (κ3) is 7.21. The van der Waals surface area contributed by atoms with Crippen LogP contribution in [0.25, 0.3) is 0 Å². The molecule has 108 valence electrons. The molecule has 3 nitrogen and oxygen atoms in total. The summed E-state index contributed by atoms with van der Waals surface area (Å²) in [6.45, 7) is 8.00. The first-order valence-electron chi connectivity index (χ1n) is 6.84. The van der Waals surface area contributed by atoms with E-state index in [-0.39, 0.29) is 0 Å². The molecular formula is C17H22O3. The van der Waals surface area contributed by atoms with Crippen molar-refractivity contribution in [3.05, 3.63) is 60.7 Å². The lowest BCUT2D eigenvalue weighted by atomic mass is 10.3. The lowest BCUT2D eigenvalue weighted by Crippen LogP contribution is -2.13. The van der Waals surface area contributed by atoms with Crippen LogP contribution in [0.5, 0.6) is 11.5 Å². The molecular weight excluding hydrogens is 252 g/mol. The first-order chi connectivity index (χ1) is 9.84. The maximum Gasteiger partial charge on any atom is 0.519 e. The number of carbonyl (C=O) groups excluding carboxylic acids is 1. The van der Waals surface area contributed by atoms with Crippen LogP contribution < -0.4 is 9.47 Å². The molecule has 2 aromatic carbocycles. The van der Waals surface area contributed by atoms with Crippen LogP contribution >= 0.6 is 0 Å². The van der Waals surface area contributed by atoms with Crippen molar-refractivity contribution >= 4 is 6.16 Å². The fourth-order valence-electron chi connectivity index (χ4n) is 1.19. The molecule has 3 heteroatoms. The first-order valence-corrected chi connectivity index (χ1v) is 6.84. The second-order valence-electron chi connectivity index (χ2n) is 3.08. The highest BCUT2D eigenvalue weighted by Gasteiger charge is 2.06. The van der Waals surface area contributed by atoms with E-state index in [1.165, 1.54) is 0 Å². The van der Waals surface area contributed by atoms with Gasteiger partial charge in [0.1, 0.15) is 11.5 Å². The van der Waals surface area contributed by atoms with Crippen LogP contribution in [0.4, 0.5) is 4.79 Å². The highest BCUT2D eigenvalue weighted by molar-refractivity contribution is 5.66. The number of benzene rings is 2. The highest BCUT2D eigenvalue weighted by atomic mass is 16.7. The van der Waals surface area contributed by atoms with E-state index in [2.05, 4.69) is 0 Å². The molecule has 0 aromatic heterocycles. The summed E-state index contributed by atoms with van der Waals surface area (Å²) in [7, 11) is 0. The van der Waals surface area contributed by atoms with Crippen LogP contribution in [-0.4, -0.2) is 6.16 Å². The van der Waals surface area contributed by atoms with Crippen LogP contribution in [-0.2, 0) is 0 Å². The normalized spacial score (nSPS) is 8.20. The van der Waals surface area contributed by atoms with Gasteiger partial charge >= 0.3 is 6.16 Å². The zero-order chi connectivity index (χ0) is 15.2. The summed E-state index contributed by atoms with van der Waals surface area (Å²) in [5.74, 6) is 0.923. The number of para-hydroxylation sites is 2. The Balaban J connectivity index is 0.000000829. The lowest BCUT2D eigenvalue weighted by Gasteiger charge is -2.04. The number of rotatable bonds is 2. The molecule has 0 aliphatic carbocycles. The molecule has 0 spiro atoms. The molecule has 0 saturated carbocycles. The van der Waals surface area contributed by atoms with Crippen molar-refractivity contribution in [2.45, 2.75) is 27.7 Å². The molecule has 2 aromatic rings. The highest BCUT2D eigenvalue weighted by Crippen LogP contribution is 2.12. The van der Waals surface area contributed by atoms with Crippen molar-refractivity contribution < 1.29 is 14.3 Å². The van der Waals surface area contributed by atoms with Crippen molar-refractivity contribution in [3.8, 4) is 11.5 Å². The van der Waals surface area contributed by atoms with Gasteiger partial charge in [-0.1, -0.05) is 64.1 Å². The first kappa shape index (κ1) is 17.7. The van der Waals surface area contributed by atoms with Crippen LogP contribution in [0, 0.1) is 0 Å². The summed E-state index contributed by atoms with van der Waals surface area (Å²) in [5, 5.41) is 0. The summed E-state index contributed by atoms with van der Waals surface area (Å²) < 4.78 is 9.91. The Bertz CT molecular complexity index is 409. The number of hydrogen-bond donors (Lipinski definition) is 0. The monoisotopic (exact) mass is 274 g/mol. The largest absolute Gasteiger partial charge is 0.519 e. The van der Waals surface area contributed by atoms with E-state index in [9.17, 15) is 4.79 Å². The predicted molar refractivity (Wildman–Crippen MR) is 82.2 cm³/mol. The summed E-state index contributed by atoms with van der Waals surface area (Å²) in [6, 6.07) is 17.6. The Morgan fingerprint density at radius 3 is 1.25 bits per heavy atom. The second-order valence-corrected chi connectivity index (χ2v) is 3.08. The molecule has 0 saturated heterocycles. The standard InChI is InChI=1S/C13H10O3.2C2H6/c14-13(15-11-7-3-1-4-8-11)16-12-9-5-2-6-10-12;2*1-2/h1-10H;2*1-2H3. The van der Waals surface area contributed by atoms with E-state index < -0.39 is 6.16 Å². The minimum atomic E-state index is -0.739. The fraction of sp³-hybridized carbons (Fsp3) is 0.235. The lowest BCUT2D eigenvalue weighted by molar-refractivity contribution is 0.152. The second kappa shape index (κ2) is 11.8. The maximum absolute atomic E-state index is 11.3. The quantitative estimate of drug-likeness (QED) is 0.549. The zero-order valence-corrected chi connectivity index (χ0v) is 12.5. The Morgan fingerprint density at radius 1 is 0.650 bits per heavy atom. The fourth-order valence-corrected chi connectivity index (χ4v) is 1.19. The number of carbonyl (C=O) groups is 1. The molecule has 20 heavy (non-hydrogen) atoms. The van der Waals surface area contributed by atoms with Crippen molar-refractivity contribution in [2.24, 2.45) is 0 Å². The van der Waals surface area contributed by atoms with E-state index in [1.54, 1.807) is 48.5 Å². The van der Waals surface area contributed by atoms with E-state index in [0.717, 1.165) is 0 Å². The molecule has 2 rings (SSSR count). The van der Waals surface area contributed by atoms with Crippen LogP contribution in [0.1, 0.15) is 27.7 Å². The van der Waals surface area contributed by atoms with Crippen LogP contribution in [0.3, 0.4) is 0 Å². The smallest absolute Gasteiger partial charge is 0.395 e. The average Bonchev–Trinajstić information content (AvgIpc) is 2.53. The topological polar surface area (TPSA) is 35.5 Å². The summed E-state index contributed by atoms with van der Waals surface area (Å²) in [4.78, 5) is 11.3. The average molecular weight is 274 g/mol. The third-order valence-corrected chi connectivity index (χ3v) is 1.89. The zero-order valence-electron chi connectivity index (χ0n) is 12.5. The van der Waals surface area contributed by atoms with Crippen molar-refractivity contribution in [1.29, 1.82) is 0 Å². The van der Waals surface area contributed by atoms with E-state index in [4.69, 9.17) is 9.47 Å². The number of ether oxygens (including phenoxy) is 2. The minimum absolute atomic E-state index is 0.462.